The van der Waals surface area contributed by atoms with E-state index < -0.39 is 0 Å². The zero-order chi connectivity index (χ0) is 12.9. The number of piperazine rings is 1. The van der Waals surface area contributed by atoms with Crippen LogP contribution in [0.2, 0.25) is 0 Å². The molecule has 2 heterocycles. The van der Waals surface area contributed by atoms with Crippen molar-refractivity contribution in [1.82, 2.24) is 14.7 Å². The molecule has 2 saturated carbocycles. The molecule has 19 heavy (non-hydrogen) atoms. The SMILES string of the molecule is NCC1(N2CCN(C3CC3)CC2)CCN(C2CC2)C1. The molecular formula is C15H28N4. The second kappa shape index (κ2) is 4.69. The summed E-state index contributed by atoms with van der Waals surface area (Å²) in [5.41, 5.74) is 6.51. The zero-order valence-electron chi connectivity index (χ0n) is 12.1. The van der Waals surface area contributed by atoms with Crippen molar-refractivity contribution >= 4 is 0 Å². The van der Waals surface area contributed by atoms with Gasteiger partial charge in [-0.25, -0.2) is 0 Å². The van der Waals surface area contributed by atoms with E-state index in [1.807, 2.05) is 0 Å². The second-order valence-corrected chi connectivity index (χ2v) is 7.13. The maximum absolute atomic E-state index is 6.21. The molecule has 0 amide bonds. The average molecular weight is 264 g/mol. The van der Waals surface area contributed by atoms with Gasteiger partial charge in [-0.15, -0.1) is 0 Å². The largest absolute Gasteiger partial charge is 0.329 e. The van der Waals surface area contributed by atoms with Gasteiger partial charge in [0.2, 0.25) is 0 Å². The number of nitrogens with two attached hydrogens (primary N) is 1. The minimum atomic E-state index is 0.304. The Balaban J connectivity index is 1.38. The molecule has 0 aromatic heterocycles. The molecule has 0 radical (unpaired) electrons. The van der Waals surface area contributed by atoms with Crippen molar-refractivity contribution in [2.45, 2.75) is 49.7 Å². The maximum Gasteiger partial charge on any atom is 0.0471 e. The molecule has 108 valence electrons. The number of hydrogen-bond donors (Lipinski definition) is 1. The second-order valence-electron chi connectivity index (χ2n) is 7.13. The quantitative estimate of drug-likeness (QED) is 0.794. The minimum Gasteiger partial charge on any atom is -0.329 e. The van der Waals surface area contributed by atoms with Crippen molar-refractivity contribution in [3.05, 3.63) is 0 Å². The Kier molecular flexibility index (Phi) is 3.10. The molecule has 4 fully saturated rings. The van der Waals surface area contributed by atoms with Crippen molar-refractivity contribution in [3.8, 4) is 0 Å². The number of likely N-dealkylation sites (tertiary alicyclic amines) is 1. The molecule has 1 unspecified atom stereocenters. The highest BCUT2D eigenvalue weighted by atomic mass is 15.4. The van der Waals surface area contributed by atoms with Gasteiger partial charge in [-0.2, -0.15) is 0 Å². The Hall–Kier alpha value is -0.160. The molecule has 0 aromatic carbocycles. The molecule has 0 bridgehead atoms. The van der Waals surface area contributed by atoms with Gasteiger partial charge in [-0.3, -0.25) is 14.7 Å². The minimum absolute atomic E-state index is 0.304. The fourth-order valence-electron chi connectivity index (χ4n) is 4.19. The Bertz CT molecular complexity index is 331. The molecule has 2 saturated heterocycles. The Morgan fingerprint density at radius 1 is 0.842 bits per heavy atom. The number of nitrogens with zero attached hydrogens (tertiary/aromatic N) is 3. The van der Waals surface area contributed by atoms with E-state index in [9.17, 15) is 0 Å². The summed E-state index contributed by atoms with van der Waals surface area (Å²) >= 11 is 0. The van der Waals surface area contributed by atoms with Gasteiger partial charge in [-0.05, 0) is 32.1 Å². The van der Waals surface area contributed by atoms with Gasteiger partial charge in [0.25, 0.3) is 0 Å². The first-order valence-electron chi connectivity index (χ1n) is 8.24. The highest BCUT2D eigenvalue weighted by Gasteiger charge is 2.46. The molecule has 4 aliphatic rings. The summed E-state index contributed by atoms with van der Waals surface area (Å²) in [6.07, 6.45) is 7.03. The van der Waals surface area contributed by atoms with Gasteiger partial charge >= 0.3 is 0 Å². The third kappa shape index (κ3) is 2.33. The van der Waals surface area contributed by atoms with E-state index in [2.05, 4.69) is 14.7 Å². The lowest BCUT2D eigenvalue weighted by Gasteiger charge is -2.45. The molecule has 0 spiro atoms. The van der Waals surface area contributed by atoms with E-state index in [0.717, 1.165) is 18.6 Å². The van der Waals surface area contributed by atoms with Crippen LogP contribution in [0.15, 0.2) is 0 Å². The van der Waals surface area contributed by atoms with E-state index in [1.54, 1.807) is 0 Å². The van der Waals surface area contributed by atoms with Crippen LogP contribution in [0.25, 0.3) is 0 Å². The first-order valence-corrected chi connectivity index (χ1v) is 8.24. The summed E-state index contributed by atoms with van der Waals surface area (Å²) in [6, 6.07) is 1.84. The van der Waals surface area contributed by atoms with Crippen LogP contribution >= 0.6 is 0 Å². The van der Waals surface area contributed by atoms with Crippen molar-refractivity contribution in [2.75, 3.05) is 45.8 Å². The van der Waals surface area contributed by atoms with E-state index in [1.165, 1.54) is 71.4 Å². The number of rotatable bonds is 4. The van der Waals surface area contributed by atoms with Crippen molar-refractivity contribution in [2.24, 2.45) is 5.73 Å². The van der Waals surface area contributed by atoms with Crippen LogP contribution in [0.4, 0.5) is 0 Å². The number of hydrogen-bond acceptors (Lipinski definition) is 4. The fourth-order valence-corrected chi connectivity index (χ4v) is 4.19. The Morgan fingerprint density at radius 2 is 1.47 bits per heavy atom. The van der Waals surface area contributed by atoms with Crippen LogP contribution in [-0.4, -0.2) is 78.1 Å². The first kappa shape index (κ1) is 12.6. The van der Waals surface area contributed by atoms with Gasteiger partial charge in [0, 0.05) is 63.4 Å². The van der Waals surface area contributed by atoms with Crippen molar-refractivity contribution < 1.29 is 0 Å². The molecule has 4 heteroatoms. The normalized spacial score (nSPS) is 39.0. The predicted octanol–water partition coefficient (Wildman–Crippen LogP) is 0.332. The predicted molar refractivity (Wildman–Crippen MR) is 77.2 cm³/mol. The van der Waals surface area contributed by atoms with Gasteiger partial charge < -0.3 is 5.73 Å². The smallest absolute Gasteiger partial charge is 0.0471 e. The highest BCUT2D eigenvalue weighted by Crippen LogP contribution is 2.37. The maximum atomic E-state index is 6.21. The lowest BCUT2D eigenvalue weighted by atomic mass is 9.95. The summed E-state index contributed by atoms with van der Waals surface area (Å²) in [6.45, 7) is 8.39. The van der Waals surface area contributed by atoms with Crippen LogP contribution in [0.5, 0.6) is 0 Å². The van der Waals surface area contributed by atoms with Gasteiger partial charge in [0.15, 0.2) is 0 Å². The molecule has 1 atom stereocenters. The summed E-state index contributed by atoms with van der Waals surface area (Å²) in [5, 5.41) is 0. The standard InChI is InChI=1S/C15H28N4/c16-11-15(5-6-18(12-15)14-3-4-14)19-9-7-17(8-10-19)13-1-2-13/h13-14H,1-12,16H2. The van der Waals surface area contributed by atoms with Crippen molar-refractivity contribution in [1.29, 1.82) is 0 Å². The van der Waals surface area contributed by atoms with Crippen LogP contribution in [0, 0.1) is 0 Å². The fraction of sp³-hybridized carbons (Fsp3) is 1.00. The van der Waals surface area contributed by atoms with Gasteiger partial charge in [-0.1, -0.05) is 0 Å². The summed E-state index contributed by atoms with van der Waals surface area (Å²) < 4.78 is 0. The van der Waals surface area contributed by atoms with E-state index >= 15 is 0 Å². The first-order chi connectivity index (χ1) is 9.31. The van der Waals surface area contributed by atoms with E-state index in [4.69, 9.17) is 5.73 Å². The zero-order valence-corrected chi connectivity index (χ0v) is 12.1. The third-order valence-corrected chi connectivity index (χ3v) is 5.85. The van der Waals surface area contributed by atoms with Gasteiger partial charge in [0.1, 0.15) is 0 Å². The Morgan fingerprint density at radius 3 is 2.05 bits per heavy atom. The third-order valence-electron chi connectivity index (χ3n) is 5.85. The van der Waals surface area contributed by atoms with Crippen LogP contribution in [0.3, 0.4) is 0 Å². The molecular weight excluding hydrogens is 236 g/mol. The highest BCUT2D eigenvalue weighted by molar-refractivity contribution is 5.05. The van der Waals surface area contributed by atoms with E-state index in [-0.39, 0.29) is 0 Å². The monoisotopic (exact) mass is 264 g/mol. The molecule has 4 nitrogen and oxygen atoms in total. The van der Waals surface area contributed by atoms with Crippen molar-refractivity contribution in [3.63, 3.8) is 0 Å². The lowest BCUT2D eigenvalue weighted by Crippen LogP contribution is -2.61. The average Bonchev–Trinajstić information content (AvgIpc) is 3.37. The Labute approximate surface area is 116 Å². The summed E-state index contributed by atoms with van der Waals surface area (Å²) in [4.78, 5) is 8.14. The lowest BCUT2D eigenvalue weighted by molar-refractivity contribution is 0.0374. The van der Waals surface area contributed by atoms with E-state index in [0.29, 0.717) is 5.54 Å². The van der Waals surface area contributed by atoms with Crippen LogP contribution < -0.4 is 5.73 Å². The molecule has 2 aliphatic carbocycles. The molecule has 0 aromatic rings. The van der Waals surface area contributed by atoms with Gasteiger partial charge in [0.05, 0.1) is 0 Å². The topological polar surface area (TPSA) is 35.7 Å². The molecule has 2 N–H and O–H groups in total. The summed E-state index contributed by atoms with van der Waals surface area (Å²) in [5.74, 6) is 0. The molecule has 2 aliphatic heterocycles. The molecule has 4 rings (SSSR count). The van der Waals surface area contributed by atoms with Crippen LogP contribution in [0.1, 0.15) is 32.1 Å². The summed E-state index contributed by atoms with van der Waals surface area (Å²) in [7, 11) is 0. The van der Waals surface area contributed by atoms with Crippen LogP contribution in [-0.2, 0) is 0 Å².